The maximum absolute atomic E-state index is 11.2. The third-order valence-corrected chi connectivity index (χ3v) is 3.63. The quantitative estimate of drug-likeness (QED) is 0.583. The zero-order chi connectivity index (χ0) is 16.4. The predicted octanol–water partition coefficient (Wildman–Crippen LogP) is 4.05. The van der Waals surface area contributed by atoms with Crippen molar-refractivity contribution in [2.75, 3.05) is 5.32 Å². The molecule has 116 valence electrons. The molecule has 3 rings (SSSR count). The molecular formula is C17H16N4O2. The Morgan fingerprint density at radius 3 is 2.26 bits per heavy atom. The second-order valence-corrected chi connectivity index (χ2v) is 5.23. The first-order valence-corrected chi connectivity index (χ1v) is 7.17. The summed E-state index contributed by atoms with van der Waals surface area (Å²) in [5, 5.41) is 18.4. The number of nitro groups is 1. The Labute approximate surface area is 133 Å². The highest BCUT2D eigenvalue weighted by Crippen LogP contribution is 2.30. The van der Waals surface area contributed by atoms with E-state index in [1.807, 2.05) is 54.6 Å². The molecule has 0 saturated carbocycles. The molecule has 23 heavy (non-hydrogen) atoms. The van der Waals surface area contributed by atoms with Crippen molar-refractivity contribution in [2.45, 2.75) is 6.92 Å². The van der Waals surface area contributed by atoms with E-state index < -0.39 is 4.92 Å². The minimum Gasteiger partial charge on any atom is -0.335 e. The van der Waals surface area contributed by atoms with Gasteiger partial charge in [-0.05, 0) is 30.2 Å². The molecule has 2 aromatic carbocycles. The second-order valence-electron chi connectivity index (χ2n) is 5.23. The van der Waals surface area contributed by atoms with Gasteiger partial charge in [0.1, 0.15) is 5.69 Å². The minimum absolute atomic E-state index is 0.000337. The number of nitrogens with zero attached hydrogens (tertiary/aromatic N) is 3. The molecule has 0 unspecified atom stereocenters. The van der Waals surface area contributed by atoms with E-state index in [1.54, 1.807) is 14.0 Å². The van der Waals surface area contributed by atoms with Crippen molar-refractivity contribution in [2.24, 2.45) is 7.05 Å². The topological polar surface area (TPSA) is 73.0 Å². The number of rotatable bonds is 4. The maximum atomic E-state index is 11.2. The van der Waals surface area contributed by atoms with Gasteiger partial charge in [-0.25, -0.2) is 4.68 Å². The number of benzene rings is 2. The molecule has 0 saturated heterocycles. The highest BCUT2D eigenvalue weighted by atomic mass is 16.6. The first kappa shape index (κ1) is 14.8. The van der Waals surface area contributed by atoms with Crippen LogP contribution in [-0.4, -0.2) is 14.7 Å². The van der Waals surface area contributed by atoms with Gasteiger partial charge in [0.05, 0.1) is 4.92 Å². The number of nitrogens with one attached hydrogen (secondary N) is 1. The van der Waals surface area contributed by atoms with E-state index in [4.69, 9.17) is 0 Å². The molecule has 1 N–H and O–H groups in total. The first-order chi connectivity index (χ1) is 11.1. The molecule has 0 bridgehead atoms. The van der Waals surface area contributed by atoms with Crippen LogP contribution in [0.15, 0.2) is 54.6 Å². The van der Waals surface area contributed by atoms with E-state index >= 15 is 0 Å². The monoisotopic (exact) mass is 308 g/mol. The Hall–Kier alpha value is -3.15. The molecule has 6 nitrogen and oxygen atoms in total. The lowest BCUT2D eigenvalue weighted by Gasteiger charge is -2.07. The van der Waals surface area contributed by atoms with Gasteiger partial charge < -0.3 is 5.32 Å². The summed E-state index contributed by atoms with van der Waals surface area (Å²) < 4.78 is 1.48. The minimum atomic E-state index is -0.414. The van der Waals surface area contributed by atoms with Crippen molar-refractivity contribution in [1.82, 2.24) is 9.78 Å². The van der Waals surface area contributed by atoms with Gasteiger partial charge >= 0.3 is 5.69 Å². The average Bonchev–Trinajstić information content (AvgIpc) is 2.83. The number of aromatic nitrogens is 2. The normalized spacial score (nSPS) is 10.5. The Kier molecular flexibility index (Phi) is 3.80. The van der Waals surface area contributed by atoms with Crippen LogP contribution in [0.3, 0.4) is 0 Å². The molecule has 0 radical (unpaired) electrons. The summed E-state index contributed by atoms with van der Waals surface area (Å²) in [6, 6.07) is 17.8. The van der Waals surface area contributed by atoms with Gasteiger partial charge in [0.15, 0.2) is 0 Å². The number of hydrogen-bond acceptors (Lipinski definition) is 4. The molecule has 0 aliphatic heterocycles. The highest BCUT2D eigenvalue weighted by Gasteiger charge is 2.23. The summed E-state index contributed by atoms with van der Waals surface area (Å²) >= 11 is 0. The summed E-state index contributed by atoms with van der Waals surface area (Å²) in [6.45, 7) is 1.63. The van der Waals surface area contributed by atoms with Crippen molar-refractivity contribution >= 4 is 17.2 Å². The largest absolute Gasteiger partial charge is 0.335 e. The lowest BCUT2D eigenvalue weighted by Crippen LogP contribution is -2.01. The molecule has 0 amide bonds. The van der Waals surface area contributed by atoms with Crippen LogP contribution in [0.4, 0.5) is 17.2 Å². The molecular weight excluding hydrogens is 292 g/mol. The fourth-order valence-corrected chi connectivity index (χ4v) is 2.52. The van der Waals surface area contributed by atoms with Gasteiger partial charge in [0, 0.05) is 12.7 Å². The van der Waals surface area contributed by atoms with Crippen LogP contribution in [0.5, 0.6) is 0 Å². The molecule has 0 atom stereocenters. The Balaban J connectivity index is 1.89. The maximum Gasteiger partial charge on any atom is 0.334 e. The molecule has 1 heterocycles. The van der Waals surface area contributed by atoms with E-state index in [1.165, 1.54) is 4.68 Å². The third kappa shape index (κ3) is 2.91. The van der Waals surface area contributed by atoms with E-state index in [0.717, 1.165) is 16.8 Å². The van der Waals surface area contributed by atoms with Crippen molar-refractivity contribution in [3.63, 3.8) is 0 Å². The van der Waals surface area contributed by atoms with Crippen LogP contribution in [0.1, 0.15) is 5.69 Å². The SMILES string of the molecule is Cc1nn(C)c(Nc2ccc(-c3ccccc3)cc2)c1[N+](=O)[O-]. The van der Waals surface area contributed by atoms with Crippen LogP contribution < -0.4 is 5.32 Å². The van der Waals surface area contributed by atoms with Gasteiger partial charge in [-0.2, -0.15) is 5.10 Å². The molecule has 6 heteroatoms. The Morgan fingerprint density at radius 2 is 1.65 bits per heavy atom. The fourth-order valence-electron chi connectivity index (χ4n) is 2.52. The first-order valence-electron chi connectivity index (χ1n) is 7.17. The summed E-state index contributed by atoms with van der Waals surface area (Å²) in [5.41, 5.74) is 3.38. The number of hydrogen-bond donors (Lipinski definition) is 1. The van der Waals surface area contributed by atoms with Crippen molar-refractivity contribution in [1.29, 1.82) is 0 Å². The summed E-state index contributed by atoms with van der Waals surface area (Å²) in [5.74, 6) is 0.375. The van der Waals surface area contributed by atoms with Crippen molar-refractivity contribution in [3.05, 3.63) is 70.4 Å². The number of aryl methyl sites for hydroxylation is 2. The van der Waals surface area contributed by atoms with Gasteiger partial charge in [-0.15, -0.1) is 0 Å². The zero-order valence-corrected chi connectivity index (χ0v) is 12.9. The van der Waals surface area contributed by atoms with Crippen LogP contribution >= 0.6 is 0 Å². The van der Waals surface area contributed by atoms with Crippen molar-refractivity contribution < 1.29 is 4.92 Å². The highest BCUT2D eigenvalue weighted by molar-refractivity contribution is 5.71. The number of anilines is 2. The molecule has 0 spiro atoms. The smallest absolute Gasteiger partial charge is 0.334 e. The third-order valence-electron chi connectivity index (χ3n) is 3.63. The van der Waals surface area contributed by atoms with E-state index in [9.17, 15) is 10.1 Å². The zero-order valence-electron chi connectivity index (χ0n) is 12.9. The average molecular weight is 308 g/mol. The van der Waals surface area contributed by atoms with Gasteiger partial charge in [-0.1, -0.05) is 42.5 Å². The van der Waals surface area contributed by atoms with Gasteiger partial charge in [-0.3, -0.25) is 10.1 Å². The second kappa shape index (κ2) is 5.92. The van der Waals surface area contributed by atoms with Crippen LogP contribution in [-0.2, 0) is 7.05 Å². The Morgan fingerprint density at radius 1 is 1.04 bits per heavy atom. The summed E-state index contributed by atoms with van der Waals surface area (Å²) in [6.07, 6.45) is 0. The molecule has 0 fully saturated rings. The van der Waals surface area contributed by atoms with E-state index in [0.29, 0.717) is 11.5 Å². The lowest BCUT2D eigenvalue weighted by molar-refractivity contribution is -0.384. The standard InChI is InChI=1S/C17H16N4O2/c1-12-16(21(22)23)17(20(2)19-12)18-15-10-8-14(9-11-15)13-6-4-3-5-7-13/h3-11,18H,1-2H3. The molecule has 0 aliphatic rings. The Bertz CT molecular complexity index is 839. The van der Waals surface area contributed by atoms with Crippen LogP contribution in [0.25, 0.3) is 11.1 Å². The molecule has 3 aromatic rings. The van der Waals surface area contributed by atoms with Gasteiger partial charge in [0.25, 0.3) is 0 Å². The molecule has 0 aliphatic carbocycles. The van der Waals surface area contributed by atoms with E-state index in [2.05, 4.69) is 10.4 Å². The summed E-state index contributed by atoms with van der Waals surface area (Å²) in [7, 11) is 1.68. The fraction of sp³-hybridized carbons (Fsp3) is 0.118. The van der Waals surface area contributed by atoms with Crippen LogP contribution in [0, 0.1) is 17.0 Å². The van der Waals surface area contributed by atoms with E-state index in [-0.39, 0.29) is 5.69 Å². The van der Waals surface area contributed by atoms with Crippen molar-refractivity contribution in [3.8, 4) is 11.1 Å². The molecule has 1 aromatic heterocycles. The van der Waals surface area contributed by atoms with Crippen LogP contribution in [0.2, 0.25) is 0 Å². The summed E-state index contributed by atoms with van der Waals surface area (Å²) in [4.78, 5) is 10.8. The predicted molar refractivity (Wildman–Crippen MR) is 89.8 cm³/mol. The lowest BCUT2D eigenvalue weighted by atomic mass is 10.1. The van der Waals surface area contributed by atoms with Gasteiger partial charge in [0.2, 0.25) is 5.82 Å².